The molecule has 1 amide bonds. The van der Waals surface area contributed by atoms with E-state index in [9.17, 15) is 9.90 Å². The van der Waals surface area contributed by atoms with Crippen LogP contribution in [0, 0.1) is 0 Å². The molecule has 162 valence electrons. The molecule has 8 nitrogen and oxygen atoms in total. The summed E-state index contributed by atoms with van der Waals surface area (Å²) in [4.78, 5) is 16.6. The summed E-state index contributed by atoms with van der Waals surface area (Å²) in [6.45, 7) is 4.76. The van der Waals surface area contributed by atoms with Gasteiger partial charge in [0.1, 0.15) is 5.75 Å². The van der Waals surface area contributed by atoms with Crippen molar-refractivity contribution in [3.63, 3.8) is 0 Å². The van der Waals surface area contributed by atoms with Gasteiger partial charge in [-0.05, 0) is 43.3 Å². The highest BCUT2D eigenvalue weighted by molar-refractivity contribution is 14.0. The standard InChI is InChI=1S/C21H26N4O4.HI/c1-2-22-21(24-11-10-23-20(27)15-4-7-17(26)8-5-15)25-16-6-9-18-19(14-16)29-13-3-12-28-18;/h4-9,14,26H,2-3,10-13H2,1H3,(H,23,27)(H2,22,24,25);1H. The van der Waals surface area contributed by atoms with Crippen molar-refractivity contribution in [3.8, 4) is 17.2 Å². The van der Waals surface area contributed by atoms with Crippen LogP contribution in [0.15, 0.2) is 47.5 Å². The number of ether oxygens (including phenoxy) is 2. The van der Waals surface area contributed by atoms with Gasteiger partial charge in [0.15, 0.2) is 17.5 Å². The Balaban J connectivity index is 0.00000320. The maximum atomic E-state index is 12.1. The van der Waals surface area contributed by atoms with Crippen LogP contribution >= 0.6 is 24.0 Å². The van der Waals surface area contributed by atoms with Gasteiger partial charge in [0.05, 0.1) is 19.8 Å². The highest BCUT2D eigenvalue weighted by Crippen LogP contribution is 2.32. The van der Waals surface area contributed by atoms with Crippen LogP contribution in [0.4, 0.5) is 5.69 Å². The molecule has 2 aromatic carbocycles. The quantitative estimate of drug-likeness (QED) is 0.200. The number of carbonyl (C=O) groups excluding carboxylic acids is 1. The van der Waals surface area contributed by atoms with Crippen LogP contribution in [-0.4, -0.2) is 49.8 Å². The van der Waals surface area contributed by atoms with Crippen LogP contribution in [0.2, 0.25) is 0 Å². The van der Waals surface area contributed by atoms with E-state index < -0.39 is 0 Å². The van der Waals surface area contributed by atoms with Crippen molar-refractivity contribution in [1.29, 1.82) is 0 Å². The molecule has 0 atom stereocenters. The molecule has 0 saturated heterocycles. The van der Waals surface area contributed by atoms with Crippen molar-refractivity contribution in [3.05, 3.63) is 48.0 Å². The van der Waals surface area contributed by atoms with Crippen molar-refractivity contribution in [2.75, 3.05) is 38.2 Å². The van der Waals surface area contributed by atoms with E-state index in [2.05, 4.69) is 20.9 Å². The van der Waals surface area contributed by atoms with Gasteiger partial charge in [-0.3, -0.25) is 9.79 Å². The number of carbonyl (C=O) groups is 1. The van der Waals surface area contributed by atoms with Gasteiger partial charge in [-0.25, -0.2) is 0 Å². The number of nitrogens with one attached hydrogen (secondary N) is 3. The normalized spacial score (nSPS) is 12.9. The molecule has 1 aliphatic heterocycles. The Labute approximate surface area is 193 Å². The lowest BCUT2D eigenvalue weighted by Gasteiger charge is -2.14. The number of guanidine groups is 1. The largest absolute Gasteiger partial charge is 0.508 e. The number of anilines is 1. The van der Waals surface area contributed by atoms with Crippen LogP contribution in [0.5, 0.6) is 17.2 Å². The average molecular weight is 526 g/mol. The van der Waals surface area contributed by atoms with E-state index in [-0.39, 0.29) is 35.6 Å². The minimum Gasteiger partial charge on any atom is -0.508 e. The summed E-state index contributed by atoms with van der Waals surface area (Å²) in [5, 5.41) is 18.5. The molecule has 0 radical (unpaired) electrons. The van der Waals surface area contributed by atoms with E-state index in [1.54, 1.807) is 12.1 Å². The lowest BCUT2D eigenvalue weighted by Crippen LogP contribution is -2.32. The molecule has 0 aliphatic carbocycles. The number of rotatable bonds is 6. The smallest absolute Gasteiger partial charge is 0.251 e. The predicted octanol–water partition coefficient (Wildman–Crippen LogP) is 2.98. The maximum Gasteiger partial charge on any atom is 0.251 e. The molecule has 2 aromatic rings. The minimum absolute atomic E-state index is 0. The monoisotopic (exact) mass is 526 g/mol. The van der Waals surface area contributed by atoms with Crippen molar-refractivity contribution >= 4 is 41.5 Å². The first kappa shape index (κ1) is 23.6. The fraction of sp³-hybridized carbons (Fsp3) is 0.333. The first-order chi connectivity index (χ1) is 14.2. The molecule has 4 N–H and O–H groups in total. The highest BCUT2D eigenvalue weighted by atomic mass is 127. The molecular formula is C21H27IN4O4. The first-order valence-electron chi connectivity index (χ1n) is 9.68. The Bertz CT molecular complexity index is 859. The van der Waals surface area contributed by atoms with Gasteiger partial charge in [0.25, 0.3) is 5.91 Å². The number of benzene rings is 2. The topological polar surface area (TPSA) is 104 Å². The molecule has 0 unspecified atom stereocenters. The van der Waals surface area contributed by atoms with E-state index in [1.807, 2.05) is 25.1 Å². The summed E-state index contributed by atoms with van der Waals surface area (Å²) in [6, 6.07) is 11.8. The van der Waals surface area contributed by atoms with E-state index in [4.69, 9.17) is 9.47 Å². The number of aromatic hydroxyl groups is 1. The van der Waals surface area contributed by atoms with Gasteiger partial charge in [-0.15, -0.1) is 24.0 Å². The number of phenolic OH excluding ortho intramolecular Hbond substituents is 1. The molecule has 0 spiro atoms. The molecule has 1 aliphatic rings. The molecule has 0 bridgehead atoms. The summed E-state index contributed by atoms with van der Waals surface area (Å²) < 4.78 is 11.4. The lowest BCUT2D eigenvalue weighted by atomic mass is 10.2. The van der Waals surface area contributed by atoms with Crippen molar-refractivity contribution in [2.24, 2.45) is 4.99 Å². The van der Waals surface area contributed by atoms with E-state index in [1.165, 1.54) is 12.1 Å². The number of phenols is 1. The number of hydrogen-bond acceptors (Lipinski definition) is 5. The van der Waals surface area contributed by atoms with Crippen LogP contribution in [0.3, 0.4) is 0 Å². The molecule has 0 saturated carbocycles. The molecule has 1 heterocycles. The Morgan fingerprint density at radius 3 is 2.53 bits per heavy atom. The summed E-state index contributed by atoms with van der Waals surface area (Å²) in [5.74, 6) is 1.99. The van der Waals surface area contributed by atoms with Gasteiger partial charge >= 0.3 is 0 Å². The van der Waals surface area contributed by atoms with Crippen LogP contribution in [0.1, 0.15) is 23.7 Å². The number of fused-ring (bicyclic) bond motifs is 1. The number of halogens is 1. The zero-order chi connectivity index (χ0) is 20.5. The van der Waals surface area contributed by atoms with Crippen LogP contribution in [0.25, 0.3) is 0 Å². The Morgan fingerprint density at radius 1 is 1.07 bits per heavy atom. The Hall–Kier alpha value is -2.69. The lowest BCUT2D eigenvalue weighted by molar-refractivity contribution is 0.0955. The number of amides is 1. The summed E-state index contributed by atoms with van der Waals surface area (Å²) >= 11 is 0. The van der Waals surface area contributed by atoms with Gasteiger partial charge < -0.3 is 30.5 Å². The zero-order valence-corrected chi connectivity index (χ0v) is 19.1. The second-order valence-corrected chi connectivity index (χ2v) is 6.40. The third-order valence-electron chi connectivity index (χ3n) is 4.15. The third-order valence-corrected chi connectivity index (χ3v) is 4.15. The van der Waals surface area contributed by atoms with E-state index in [0.717, 1.165) is 17.9 Å². The minimum atomic E-state index is -0.207. The molecule has 30 heavy (non-hydrogen) atoms. The van der Waals surface area contributed by atoms with Crippen molar-refractivity contribution < 1.29 is 19.4 Å². The van der Waals surface area contributed by atoms with Crippen molar-refractivity contribution in [1.82, 2.24) is 10.6 Å². The molecule has 9 heteroatoms. The molecule has 0 aromatic heterocycles. The first-order valence-corrected chi connectivity index (χ1v) is 9.68. The SMILES string of the molecule is CCNC(=NCCNC(=O)c1ccc(O)cc1)Nc1ccc2c(c1)OCCCO2.I. The second-order valence-electron chi connectivity index (χ2n) is 6.40. The number of hydrogen-bond donors (Lipinski definition) is 4. The van der Waals surface area contributed by atoms with Crippen LogP contribution < -0.4 is 25.4 Å². The molecule has 0 fully saturated rings. The average Bonchev–Trinajstić information content (AvgIpc) is 2.96. The van der Waals surface area contributed by atoms with Gasteiger partial charge in [-0.2, -0.15) is 0 Å². The predicted molar refractivity (Wildman–Crippen MR) is 128 cm³/mol. The molecule has 3 rings (SSSR count). The third kappa shape index (κ3) is 6.97. The number of nitrogens with zero attached hydrogens (tertiary/aromatic N) is 1. The fourth-order valence-electron chi connectivity index (χ4n) is 2.74. The van der Waals surface area contributed by atoms with E-state index >= 15 is 0 Å². The van der Waals surface area contributed by atoms with Gasteiger partial charge in [-0.1, -0.05) is 0 Å². The second kappa shape index (κ2) is 12.1. The number of aliphatic imine (C=N–C) groups is 1. The maximum absolute atomic E-state index is 12.1. The van der Waals surface area contributed by atoms with Gasteiger partial charge in [0.2, 0.25) is 0 Å². The van der Waals surface area contributed by atoms with Gasteiger partial charge in [0, 0.05) is 36.8 Å². The van der Waals surface area contributed by atoms with Crippen molar-refractivity contribution in [2.45, 2.75) is 13.3 Å². The molecular weight excluding hydrogens is 499 g/mol. The van der Waals surface area contributed by atoms with Crippen LogP contribution in [-0.2, 0) is 0 Å². The van der Waals surface area contributed by atoms with E-state index in [0.29, 0.717) is 50.1 Å². The zero-order valence-electron chi connectivity index (χ0n) is 16.8. The summed E-state index contributed by atoms with van der Waals surface area (Å²) in [6.07, 6.45) is 0.859. The fourth-order valence-corrected chi connectivity index (χ4v) is 2.74. The Kier molecular flexibility index (Phi) is 9.52. The summed E-state index contributed by atoms with van der Waals surface area (Å²) in [5.41, 5.74) is 1.33. The summed E-state index contributed by atoms with van der Waals surface area (Å²) in [7, 11) is 0. The Morgan fingerprint density at radius 2 is 1.80 bits per heavy atom. The highest BCUT2D eigenvalue weighted by Gasteiger charge is 2.11.